The normalized spacial score (nSPS) is 9.83. The SMILES string of the molecule is Br.Cc1nc2ccccc2n1C. The fraction of sp³-hybridized carbons (Fsp3) is 0.222. The molecule has 0 fully saturated rings. The van der Waals surface area contributed by atoms with Crippen molar-refractivity contribution < 1.29 is 0 Å². The molecule has 0 unspecified atom stereocenters. The number of fused-ring (bicyclic) bond motifs is 1. The molecule has 0 aliphatic heterocycles. The van der Waals surface area contributed by atoms with Gasteiger partial charge in [0.15, 0.2) is 0 Å². The molecule has 1 aromatic heterocycles. The Labute approximate surface area is 82.0 Å². The van der Waals surface area contributed by atoms with Crippen LogP contribution in [0.1, 0.15) is 5.82 Å². The molecule has 0 aliphatic carbocycles. The molecule has 2 aromatic rings. The summed E-state index contributed by atoms with van der Waals surface area (Å²) in [5.74, 6) is 1.06. The van der Waals surface area contributed by atoms with Crippen LogP contribution in [0.4, 0.5) is 0 Å². The summed E-state index contributed by atoms with van der Waals surface area (Å²) in [6.45, 7) is 2.01. The molecule has 0 N–H and O–H groups in total. The van der Waals surface area contributed by atoms with E-state index in [0.29, 0.717) is 0 Å². The zero-order chi connectivity index (χ0) is 7.84. The summed E-state index contributed by atoms with van der Waals surface area (Å²) in [5, 5.41) is 0. The Kier molecular flexibility index (Phi) is 2.52. The van der Waals surface area contributed by atoms with Gasteiger partial charge in [0.1, 0.15) is 5.82 Å². The van der Waals surface area contributed by atoms with E-state index < -0.39 is 0 Å². The molecule has 3 heteroatoms. The lowest BCUT2D eigenvalue weighted by molar-refractivity contribution is 0.886. The molecule has 0 atom stereocenters. The minimum atomic E-state index is 0. The standard InChI is InChI=1S/C9H10N2.BrH/c1-7-10-8-5-3-4-6-9(8)11(7)2;/h3-6H,1-2H3;1H. The second-order valence-electron chi connectivity index (χ2n) is 2.71. The molecule has 0 saturated carbocycles. The van der Waals surface area contributed by atoms with Crippen molar-refractivity contribution in [2.75, 3.05) is 0 Å². The van der Waals surface area contributed by atoms with Gasteiger partial charge in [-0.25, -0.2) is 4.98 Å². The summed E-state index contributed by atoms with van der Waals surface area (Å²) in [5.41, 5.74) is 2.28. The van der Waals surface area contributed by atoms with Gasteiger partial charge < -0.3 is 4.57 Å². The first-order chi connectivity index (χ1) is 5.29. The van der Waals surface area contributed by atoms with Crippen molar-refractivity contribution >= 4 is 28.0 Å². The van der Waals surface area contributed by atoms with Gasteiger partial charge in [-0.1, -0.05) is 12.1 Å². The van der Waals surface area contributed by atoms with Crippen molar-refractivity contribution in [3.63, 3.8) is 0 Å². The highest BCUT2D eigenvalue weighted by Crippen LogP contribution is 2.12. The second-order valence-corrected chi connectivity index (χ2v) is 2.71. The molecule has 0 bridgehead atoms. The summed E-state index contributed by atoms with van der Waals surface area (Å²) in [4.78, 5) is 4.38. The largest absolute Gasteiger partial charge is 0.331 e. The van der Waals surface area contributed by atoms with Crippen molar-refractivity contribution in [2.45, 2.75) is 6.92 Å². The summed E-state index contributed by atoms with van der Waals surface area (Å²) >= 11 is 0. The third-order valence-electron chi connectivity index (χ3n) is 2.01. The third-order valence-corrected chi connectivity index (χ3v) is 2.01. The van der Waals surface area contributed by atoms with Crippen LogP contribution in [0.15, 0.2) is 24.3 Å². The zero-order valence-corrected chi connectivity index (χ0v) is 8.83. The first-order valence-corrected chi connectivity index (χ1v) is 3.67. The maximum atomic E-state index is 4.38. The van der Waals surface area contributed by atoms with E-state index in [1.165, 1.54) is 5.52 Å². The number of halogens is 1. The number of aryl methyl sites for hydroxylation is 2. The average molecular weight is 227 g/mol. The van der Waals surface area contributed by atoms with Crippen LogP contribution >= 0.6 is 17.0 Å². The van der Waals surface area contributed by atoms with Crippen LogP contribution in [0.25, 0.3) is 11.0 Å². The third kappa shape index (κ3) is 1.25. The minimum Gasteiger partial charge on any atom is -0.331 e. The number of hydrogen-bond acceptors (Lipinski definition) is 1. The highest BCUT2D eigenvalue weighted by Gasteiger charge is 2.00. The number of rotatable bonds is 0. The maximum Gasteiger partial charge on any atom is 0.106 e. The van der Waals surface area contributed by atoms with E-state index in [9.17, 15) is 0 Å². The molecule has 64 valence electrons. The Morgan fingerprint density at radius 2 is 1.92 bits per heavy atom. The molecular weight excluding hydrogens is 216 g/mol. The molecule has 1 heterocycles. The average Bonchev–Trinajstić information content (AvgIpc) is 2.30. The number of imidazole rings is 1. The molecular formula is C9H11BrN2. The second kappa shape index (κ2) is 3.27. The van der Waals surface area contributed by atoms with Gasteiger partial charge in [0.05, 0.1) is 11.0 Å². The van der Waals surface area contributed by atoms with Crippen LogP contribution in [0.3, 0.4) is 0 Å². The molecule has 2 nitrogen and oxygen atoms in total. The highest BCUT2D eigenvalue weighted by atomic mass is 79.9. The summed E-state index contributed by atoms with van der Waals surface area (Å²) in [7, 11) is 2.03. The number of aromatic nitrogens is 2. The molecule has 1 aromatic carbocycles. The Hall–Kier alpha value is -0.830. The van der Waals surface area contributed by atoms with Crippen molar-refractivity contribution in [1.82, 2.24) is 9.55 Å². The Morgan fingerprint density at radius 3 is 2.58 bits per heavy atom. The van der Waals surface area contributed by atoms with Crippen molar-refractivity contribution in [3.05, 3.63) is 30.1 Å². The summed E-state index contributed by atoms with van der Waals surface area (Å²) in [6, 6.07) is 8.15. The van der Waals surface area contributed by atoms with Gasteiger partial charge >= 0.3 is 0 Å². The molecule has 2 rings (SSSR count). The quantitative estimate of drug-likeness (QED) is 0.675. The molecule has 0 saturated heterocycles. The summed E-state index contributed by atoms with van der Waals surface area (Å²) in [6.07, 6.45) is 0. The van der Waals surface area contributed by atoms with Crippen molar-refractivity contribution in [1.29, 1.82) is 0 Å². The first kappa shape index (κ1) is 9.26. The highest BCUT2D eigenvalue weighted by molar-refractivity contribution is 8.93. The monoisotopic (exact) mass is 226 g/mol. The van der Waals surface area contributed by atoms with Gasteiger partial charge in [-0.2, -0.15) is 0 Å². The predicted octanol–water partition coefficient (Wildman–Crippen LogP) is 2.46. The van der Waals surface area contributed by atoms with E-state index in [4.69, 9.17) is 0 Å². The van der Waals surface area contributed by atoms with Gasteiger partial charge in [0, 0.05) is 7.05 Å². The van der Waals surface area contributed by atoms with Gasteiger partial charge in [0.25, 0.3) is 0 Å². The van der Waals surface area contributed by atoms with Crippen LogP contribution in [0.2, 0.25) is 0 Å². The fourth-order valence-electron chi connectivity index (χ4n) is 1.27. The van der Waals surface area contributed by atoms with Crippen LogP contribution in [0, 0.1) is 6.92 Å². The minimum absolute atomic E-state index is 0. The zero-order valence-electron chi connectivity index (χ0n) is 7.11. The fourth-order valence-corrected chi connectivity index (χ4v) is 1.27. The molecule has 0 aliphatic rings. The van der Waals surface area contributed by atoms with Crippen LogP contribution in [-0.4, -0.2) is 9.55 Å². The lowest BCUT2D eigenvalue weighted by Crippen LogP contribution is -1.89. The lowest BCUT2D eigenvalue weighted by Gasteiger charge is -1.93. The van der Waals surface area contributed by atoms with Gasteiger partial charge in [-0.15, -0.1) is 17.0 Å². The molecule has 0 amide bonds. The maximum absolute atomic E-state index is 4.38. The van der Waals surface area contributed by atoms with E-state index in [0.717, 1.165) is 11.3 Å². The van der Waals surface area contributed by atoms with E-state index in [2.05, 4.69) is 15.6 Å². The smallest absolute Gasteiger partial charge is 0.106 e. The topological polar surface area (TPSA) is 17.8 Å². The number of benzene rings is 1. The van der Waals surface area contributed by atoms with E-state index in [1.54, 1.807) is 0 Å². The number of nitrogens with zero attached hydrogens (tertiary/aromatic N) is 2. The summed E-state index contributed by atoms with van der Waals surface area (Å²) < 4.78 is 2.09. The van der Waals surface area contributed by atoms with E-state index in [1.807, 2.05) is 32.2 Å². The Morgan fingerprint density at radius 1 is 1.25 bits per heavy atom. The Bertz CT molecular complexity index is 392. The molecule has 12 heavy (non-hydrogen) atoms. The van der Waals surface area contributed by atoms with E-state index >= 15 is 0 Å². The number of para-hydroxylation sites is 2. The van der Waals surface area contributed by atoms with Gasteiger partial charge in [-0.3, -0.25) is 0 Å². The number of hydrogen-bond donors (Lipinski definition) is 0. The lowest BCUT2D eigenvalue weighted by atomic mass is 10.3. The van der Waals surface area contributed by atoms with Crippen LogP contribution in [0.5, 0.6) is 0 Å². The van der Waals surface area contributed by atoms with Crippen LogP contribution in [-0.2, 0) is 7.05 Å². The van der Waals surface area contributed by atoms with Crippen LogP contribution < -0.4 is 0 Å². The van der Waals surface area contributed by atoms with Gasteiger partial charge in [0.2, 0.25) is 0 Å². The molecule has 0 radical (unpaired) electrons. The molecule has 0 spiro atoms. The Balaban J connectivity index is 0.000000720. The van der Waals surface area contributed by atoms with E-state index in [-0.39, 0.29) is 17.0 Å². The van der Waals surface area contributed by atoms with Crippen molar-refractivity contribution in [3.8, 4) is 0 Å². The van der Waals surface area contributed by atoms with Gasteiger partial charge in [-0.05, 0) is 19.1 Å². The predicted molar refractivity (Wildman–Crippen MR) is 55.8 cm³/mol. The first-order valence-electron chi connectivity index (χ1n) is 3.67. The van der Waals surface area contributed by atoms with Crippen molar-refractivity contribution in [2.24, 2.45) is 7.05 Å².